The van der Waals surface area contributed by atoms with E-state index >= 15 is 0 Å². The molecule has 2 aliphatic carbocycles. The van der Waals surface area contributed by atoms with Gasteiger partial charge in [-0.1, -0.05) is 0 Å². The Kier molecular flexibility index (Phi) is 4.48. The summed E-state index contributed by atoms with van der Waals surface area (Å²) in [6.45, 7) is 2.93. The van der Waals surface area contributed by atoms with Crippen LogP contribution in [0, 0.1) is 12.8 Å². The summed E-state index contributed by atoms with van der Waals surface area (Å²) in [5.74, 6) is -0.146. The van der Waals surface area contributed by atoms with E-state index < -0.39 is 5.97 Å². The van der Waals surface area contributed by atoms with E-state index in [2.05, 4.69) is 15.3 Å². The molecule has 2 aromatic rings. The van der Waals surface area contributed by atoms with Crippen LogP contribution in [0.4, 0.5) is 0 Å². The Hall–Kier alpha value is -1.93. The third-order valence-corrected chi connectivity index (χ3v) is 6.61. The van der Waals surface area contributed by atoms with Crippen molar-refractivity contribution in [1.29, 1.82) is 0 Å². The third kappa shape index (κ3) is 3.48. The first kappa shape index (κ1) is 17.5. The number of hydrogen-bond acceptors (Lipinski definition) is 5. The average Bonchev–Trinajstić information content (AvgIpc) is 3.15. The van der Waals surface area contributed by atoms with E-state index in [0.29, 0.717) is 10.8 Å². The zero-order valence-electron chi connectivity index (χ0n) is 15.1. The Morgan fingerprint density at radius 3 is 2.77 bits per heavy atom. The molecule has 8 heteroatoms. The summed E-state index contributed by atoms with van der Waals surface area (Å²) < 4.78 is 1.81. The molecule has 2 aromatic heterocycles. The Morgan fingerprint density at radius 2 is 2.15 bits per heavy atom. The van der Waals surface area contributed by atoms with Crippen LogP contribution in [0.25, 0.3) is 10.2 Å². The van der Waals surface area contributed by atoms with E-state index in [9.17, 15) is 9.59 Å². The number of nitrogens with zero attached hydrogens (tertiary/aromatic N) is 3. The molecule has 0 spiro atoms. The van der Waals surface area contributed by atoms with Crippen molar-refractivity contribution in [1.82, 2.24) is 20.0 Å². The Balaban J connectivity index is 1.34. The van der Waals surface area contributed by atoms with Gasteiger partial charge in [-0.2, -0.15) is 5.10 Å². The minimum Gasteiger partial charge on any atom is -0.480 e. The Bertz CT molecular complexity index is 814. The average molecular weight is 376 g/mol. The fourth-order valence-corrected chi connectivity index (χ4v) is 4.75. The first-order valence-electron chi connectivity index (χ1n) is 9.10. The van der Waals surface area contributed by atoms with Gasteiger partial charge in [-0.15, -0.1) is 11.3 Å². The molecule has 0 radical (unpaired) electrons. The minimum absolute atomic E-state index is 0.0407. The minimum atomic E-state index is -0.771. The van der Waals surface area contributed by atoms with Crippen LogP contribution in [0.1, 0.15) is 41.0 Å². The lowest BCUT2D eigenvalue weighted by Gasteiger charge is -2.42. The summed E-state index contributed by atoms with van der Waals surface area (Å²) in [6.07, 6.45) is 4.08. The molecule has 2 saturated carbocycles. The van der Waals surface area contributed by atoms with E-state index in [4.69, 9.17) is 5.11 Å². The van der Waals surface area contributed by atoms with Crippen molar-refractivity contribution in [3.63, 3.8) is 0 Å². The summed E-state index contributed by atoms with van der Waals surface area (Å²) in [5, 5.41) is 17.6. The highest BCUT2D eigenvalue weighted by atomic mass is 32.1. The molecule has 0 bridgehead atoms. The zero-order chi connectivity index (χ0) is 18.4. The molecule has 2 fully saturated rings. The van der Waals surface area contributed by atoms with Gasteiger partial charge in [0.25, 0.3) is 5.91 Å². The number of aliphatic carboxylic acids is 1. The lowest BCUT2D eigenvalue weighted by Crippen LogP contribution is -2.55. The van der Waals surface area contributed by atoms with Crippen LogP contribution in [0.2, 0.25) is 0 Å². The van der Waals surface area contributed by atoms with E-state index in [-0.39, 0.29) is 24.5 Å². The van der Waals surface area contributed by atoms with Crippen LogP contribution in [0.3, 0.4) is 0 Å². The van der Waals surface area contributed by atoms with Gasteiger partial charge in [-0.3, -0.25) is 19.2 Å². The van der Waals surface area contributed by atoms with Crippen molar-refractivity contribution in [3.8, 4) is 0 Å². The number of rotatable bonds is 7. The van der Waals surface area contributed by atoms with Gasteiger partial charge in [-0.05, 0) is 44.6 Å². The number of aromatic nitrogens is 2. The van der Waals surface area contributed by atoms with Gasteiger partial charge < -0.3 is 10.4 Å². The topological polar surface area (TPSA) is 87.5 Å². The van der Waals surface area contributed by atoms with Crippen LogP contribution in [0.15, 0.2) is 6.07 Å². The molecule has 0 unspecified atom stereocenters. The smallest absolute Gasteiger partial charge is 0.317 e. The lowest BCUT2D eigenvalue weighted by atomic mass is 9.85. The second-order valence-electron chi connectivity index (χ2n) is 7.60. The van der Waals surface area contributed by atoms with Crippen molar-refractivity contribution in [2.45, 2.75) is 44.7 Å². The van der Waals surface area contributed by atoms with E-state index in [0.717, 1.165) is 35.3 Å². The highest BCUT2D eigenvalue weighted by molar-refractivity contribution is 7.20. The first-order chi connectivity index (χ1) is 12.4. The molecule has 0 aromatic carbocycles. The summed E-state index contributed by atoms with van der Waals surface area (Å²) in [6, 6.07) is 2.32. The second kappa shape index (κ2) is 6.66. The number of carboxylic acids is 1. The maximum atomic E-state index is 12.5. The molecule has 1 amide bonds. The molecule has 0 saturated heterocycles. The number of amides is 1. The fourth-order valence-electron chi connectivity index (χ4n) is 3.73. The number of hydrogen-bond donors (Lipinski definition) is 2. The molecule has 26 heavy (non-hydrogen) atoms. The zero-order valence-corrected chi connectivity index (χ0v) is 15.9. The predicted molar refractivity (Wildman–Crippen MR) is 99.5 cm³/mol. The highest BCUT2D eigenvalue weighted by Crippen LogP contribution is 2.34. The molecule has 7 nitrogen and oxygen atoms in total. The van der Waals surface area contributed by atoms with Gasteiger partial charge in [0, 0.05) is 31.1 Å². The van der Waals surface area contributed by atoms with Gasteiger partial charge in [0.05, 0.1) is 17.1 Å². The Labute approximate surface area is 156 Å². The Morgan fingerprint density at radius 1 is 1.42 bits per heavy atom. The number of carbonyl (C=O) groups excluding carboxylic acids is 1. The summed E-state index contributed by atoms with van der Waals surface area (Å²) in [7, 11) is 1.89. The van der Waals surface area contributed by atoms with Gasteiger partial charge in [0.15, 0.2) is 0 Å². The summed E-state index contributed by atoms with van der Waals surface area (Å²) in [5.41, 5.74) is 0.936. The number of thiophene rings is 1. The monoisotopic (exact) mass is 376 g/mol. The molecule has 0 atom stereocenters. The molecule has 0 aliphatic heterocycles. The maximum absolute atomic E-state index is 12.5. The van der Waals surface area contributed by atoms with Crippen molar-refractivity contribution in [2.24, 2.45) is 13.0 Å². The standard InChI is InChI=1S/C18H24N4O3S/c1-10-14-7-15(26-18(14)21(2)20-10)17(25)19-12-5-13(6-12)22(9-16(23)24)8-11-3-4-11/h7,11-13H,3-6,8-9H2,1-2H3,(H,19,25)(H,23,24). The normalized spacial score (nSPS) is 22.6. The molecular weight excluding hydrogens is 352 g/mol. The van der Waals surface area contributed by atoms with E-state index in [1.54, 1.807) is 0 Å². The van der Waals surface area contributed by atoms with Crippen LogP contribution >= 0.6 is 11.3 Å². The molecule has 140 valence electrons. The molecule has 2 heterocycles. The molecule has 2 N–H and O–H groups in total. The van der Waals surface area contributed by atoms with Crippen molar-refractivity contribution in [2.75, 3.05) is 13.1 Å². The number of nitrogens with one attached hydrogen (secondary N) is 1. The number of aryl methyl sites for hydroxylation is 2. The van der Waals surface area contributed by atoms with Crippen LogP contribution in [-0.2, 0) is 11.8 Å². The molecular formula is C18H24N4O3S. The van der Waals surface area contributed by atoms with E-state index in [1.165, 1.54) is 24.2 Å². The van der Waals surface area contributed by atoms with Crippen molar-refractivity contribution >= 4 is 33.4 Å². The van der Waals surface area contributed by atoms with Gasteiger partial charge >= 0.3 is 5.97 Å². The van der Waals surface area contributed by atoms with Crippen LogP contribution < -0.4 is 5.32 Å². The largest absolute Gasteiger partial charge is 0.480 e. The molecule has 2 aliphatic rings. The molecule has 4 rings (SSSR count). The van der Waals surface area contributed by atoms with Crippen LogP contribution in [0.5, 0.6) is 0 Å². The van der Waals surface area contributed by atoms with Gasteiger partial charge in [0.2, 0.25) is 0 Å². The summed E-state index contributed by atoms with van der Waals surface area (Å²) in [4.78, 5) is 27.4. The van der Waals surface area contributed by atoms with Crippen molar-refractivity contribution < 1.29 is 14.7 Å². The highest BCUT2D eigenvalue weighted by Gasteiger charge is 2.38. The lowest BCUT2D eigenvalue weighted by molar-refractivity contribution is -0.139. The number of carbonyl (C=O) groups is 2. The van der Waals surface area contributed by atoms with Gasteiger partial charge in [0.1, 0.15) is 4.83 Å². The SMILES string of the molecule is Cc1nn(C)c2sc(C(=O)NC3CC(N(CC(=O)O)CC4CC4)C3)cc12. The predicted octanol–water partition coefficient (Wildman–Crippen LogP) is 2.00. The first-order valence-corrected chi connectivity index (χ1v) is 9.92. The number of fused-ring (bicyclic) bond motifs is 1. The second-order valence-corrected chi connectivity index (χ2v) is 8.63. The number of carboxylic acid groups (broad SMARTS) is 1. The maximum Gasteiger partial charge on any atom is 0.317 e. The fraction of sp³-hybridized carbons (Fsp3) is 0.611. The van der Waals surface area contributed by atoms with Crippen LogP contribution in [-0.4, -0.2) is 56.8 Å². The third-order valence-electron chi connectivity index (χ3n) is 5.41. The summed E-state index contributed by atoms with van der Waals surface area (Å²) >= 11 is 1.46. The quantitative estimate of drug-likeness (QED) is 0.772. The van der Waals surface area contributed by atoms with Gasteiger partial charge in [-0.25, -0.2) is 0 Å². The van der Waals surface area contributed by atoms with E-state index in [1.807, 2.05) is 24.7 Å². The van der Waals surface area contributed by atoms with Crippen molar-refractivity contribution in [3.05, 3.63) is 16.6 Å².